The summed E-state index contributed by atoms with van der Waals surface area (Å²) in [6.07, 6.45) is 3.40. The molecule has 0 aromatic heterocycles. The highest BCUT2D eigenvalue weighted by Crippen LogP contribution is 2.07. The summed E-state index contributed by atoms with van der Waals surface area (Å²) in [4.78, 5) is 12.9. The molecule has 1 atom stereocenters. The van der Waals surface area contributed by atoms with Gasteiger partial charge in [0.2, 0.25) is 0 Å². The van der Waals surface area contributed by atoms with Gasteiger partial charge in [-0.25, -0.2) is 9.98 Å². The predicted octanol–water partition coefficient (Wildman–Crippen LogP) is 2.26. The van der Waals surface area contributed by atoms with E-state index in [-0.39, 0.29) is 12.4 Å². The quantitative estimate of drug-likeness (QED) is 0.605. The molecule has 5 heteroatoms. The third-order valence-electron chi connectivity index (χ3n) is 2.52. The van der Waals surface area contributed by atoms with Gasteiger partial charge in [0.1, 0.15) is 0 Å². The van der Waals surface area contributed by atoms with E-state index in [4.69, 9.17) is 0 Å². The Hall–Kier alpha value is -0.410. The van der Waals surface area contributed by atoms with Crippen LogP contribution in [-0.4, -0.2) is 69.7 Å². The van der Waals surface area contributed by atoms with Crippen LogP contribution in [0.5, 0.6) is 0 Å². The second-order valence-corrected chi connectivity index (χ2v) is 4.89. The SMILES string of the molecule is CCN=C=NC(CCCN(C)C)CCN(C)C.Cl. The van der Waals surface area contributed by atoms with Gasteiger partial charge in [-0.05, 0) is 67.5 Å². The summed E-state index contributed by atoms with van der Waals surface area (Å²) in [5, 5.41) is 0. The summed E-state index contributed by atoms with van der Waals surface area (Å²) in [6, 6.07) is 3.18. The number of rotatable bonds is 9. The number of hydrogen-bond donors (Lipinski definition) is 0. The van der Waals surface area contributed by atoms with Crippen LogP contribution in [0.3, 0.4) is 0 Å². The topological polar surface area (TPSA) is 31.2 Å². The Morgan fingerprint density at radius 3 is 2.11 bits per heavy atom. The van der Waals surface area contributed by atoms with Crippen molar-refractivity contribution < 1.29 is 0 Å². The maximum atomic E-state index is 4.42. The molecule has 0 bridgehead atoms. The van der Waals surface area contributed by atoms with Crippen molar-refractivity contribution in [2.45, 2.75) is 32.2 Å². The standard InChI is InChI=1S/C13H28N4.ClH/c1-6-14-12-15-13(9-11-17(4)5)8-7-10-16(2)3;/h13H,6-11H2,1-5H3;1H. The number of aliphatic imine (C=N–C) groups is 2. The molecule has 1 unspecified atom stereocenters. The van der Waals surface area contributed by atoms with Crippen LogP contribution in [-0.2, 0) is 0 Å². The van der Waals surface area contributed by atoms with Gasteiger partial charge in [-0.3, -0.25) is 0 Å². The monoisotopic (exact) mass is 276 g/mol. The van der Waals surface area contributed by atoms with Crippen LogP contribution < -0.4 is 0 Å². The first-order chi connectivity index (χ1) is 8.06. The summed E-state index contributed by atoms with van der Waals surface area (Å²) in [5.41, 5.74) is 0. The molecule has 0 aromatic carbocycles. The van der Waals surface area contributed by atoms with Crippen molar-refractivity contribution in [2.24, 2.45) is 9.98 Å². The molecule has 0 N–H and O–H groups in total. The van der Waals surface area contributed by atoms with E-state index in [0.717, 1.165) is 32.5 Å². The minimum Gasteiger partial charge on any atom is -0.309 e. The van der Waals surface area contributed by atoms with Gasteiger partial charge in [-0.1, -0.05) is 0 Å². The highest BCUT2D eigenvalue weighted by atomic mass is 35.5. The van der Waals surface area contributed by atoms with Gasteiger partial charge in [0.05, 0.1) is 12.1 Å². The largest absolute Gasteiger partial charge is 0.309 e. The van der Waals surface area contributed by atoms with Crippen LogP contribution in [0.2, 0.25) is 0 Å². The van der Waals surface area contributed by atoms with Crippen LogP contribution in [0.1, 0.15) is 26.2 Å². The second-order valence-electron chi connectivity index (χ2n) is 4.89. The Labute approximate surface area is 119 Å². The van der Waals surface area contributed by atoms with Gasteiger partial charge in [0, 0.05) is 6.54 Å². The van der Waals surface area contributed by atoms with E-state index in [9.17, 15) is 0 Å². The van der Waals surface area contributed by atoms with Gasteiger partial charge in [0.15, 0.2) is 0 Å². The van der Waals surface area contributed by atoms with Gasteiger partial charge >= 0.3 is 0 Å². The third kappa shape index (κ3) is 13.7. The maximum Gasteiger partial charge on any atom is 0.0895 e. The minimum absolute atomic E-state index is 0. The van der Waals surface area contributed by atoms with E-state index in [1.165, 1.54) is 6.42 Å². The van der Waals surface area contributed by atoms with Crippen LogP contribution in [0.25, 0.3) is 0 Å². The Balaban J connectivity index is 0. The first-order valence-electron chi connectivity index (χ1n) is 6.47. The lowest BCUT2D eigenvalue weighted by molar-refractivity contribution is 0.354. The number of halogens is 1. The van der Waals surface area contributed by atoms with Crippen molar-refractivity contribution in [3.05, 3.63) is 0 Å². The van der Waals surface area contributed by atoms with E-state index in [1.54, 1.807) is 0 Å². The van der Waals surface area contributed by atoms with Crippen molar-refractivity contribution in [1.29, 1.82) is 0 Å². The fourth-order valence-electron chi connectivity index (χ4n) is 1.52. The smallest absolute Gasteiger partial charge is 0.0895 e. The van der Waals surface area contributed by atoms with Crippen molar-refractivity contribution >= 4 is 18.4 Å². The van der Waals surface area contributed by atoms with Crippen LogP contribution in [0.15, 0.2) is 9.98 Å². The molecule has 0 heterocycles. The van der Waals surface area contributed by atoms with Crippen molar-refractivity contribution in [3.63, 3.8) is 0 Å². The lowest BCUT2D eigenvalue weighted by atomic mass is 10.1. The molecule has 0 spiro atoms. The third-order valence-corrected chi connectivity index (χ3v) is 2.52. The molecule has 0 aliphatic rings. The Bertz CT molecular complexity index is 235. The lowest BCUT2D eigenvalue weighted by Crippen LogP contribution is -2.20. The second kappa shape index (κ2) is 13.0. The first kappa shape index (κ1) is 19.9. The molecule has 108 valence electrons. The molecule has 0 radical (unpaired) electrons. The van der Waals surface area contributed by atoms with Gasteiger partial charge in [-0.2, -0.15) is 0 Å². The molecule has 0 saturated carbocycles. The molecular formula is C13H29ClN4. The van der Waals surface area contributed by atoms with Gasteiger partial charge in [0.25, 0.3) is 0 Å². The molecule has 0 amide bonds. The zero-order chi connectivity index (χ0) is 13.1. The van der Waals surface area contributed by atoms with Gasteiger partial charge in [-0.15, -0.1) is 12.4 Å². The Kier molecular flexibility index (Phi) is 14.4. The zero-order valence-electron chi connectivity index (χ0n) is 12.5. The maximum absolute atomic E-state index is 4.42. The average molecular weight is 277 g/mol. The van der Waals surface area contributed by atoms with Crippen molar-refractivity contribution in [3.8, 4) is 0 Å². The molecule has 0 aliphatic heterocycles. The lowest BCUT2D eigenvalue weighted by Gasteiger charge is -2.16. The van der Waals surface area contributed by atoms with Crippen LogP contribution >= 0.6 is 12.4 Å². The van der Waals surface area contributed by atoms with Crippen LogP contribution in [0.4, 0.5) is 0 Å². The Morgan fingerprint density at radius 2 is 1.61 bits per heavy atom. The van der Waals surface area contributed by atoms with E-state index in [2.05, 4.69) is 54.0 Å². The van der Waals surface area contributed by atoms with E-state index < -0.39 is 0 Å². The van der Waals surface area contributed by atoms with Gasteiger partial charge < -0.3 is 9.80 Å². The highest BCUT2D eigenvalue weighted by Gasteiger charge is 2.07. The average Bonchev–Trinajstić information content (AvgIpc) is 2.24. The van der Waals surface area contributed by atoms with E-state index >= 15 is 0 Å². The fraction of sp³-hybridized carbons (Fsp3) is 0.923. The molecule has 0 saturated heterocycles. The fourth-order valence-corrected chi connectivity index (χ4v) is 1.52. The summed E-state index contributed by atoms with van der Waals surface area (Å²) in [6.45, 7) is 4.97. The number of nitrogens with zero attached hydrogens (tertiary/aromatic N) is 4. The highest BCUT2D eigenvalue weighted by molar-refractivity contribution is 5.85. The molecule has 0 aromatic rings. The van der Waals surface area contributed by atoms with E-state index in [0.29, 0.717) is 6.04 Å². The first-order valence-corrected chi connectivity index (χ1v) is 6.47. The molecule has 4 nitrogen and oxygen atoms in total. The summed E-state index contributed by atoms with van der Waals surface area (Å²) in [7, 11) is 8.41. The molecule has 0 rings (SSSR count). The Morgan fingerprint density at radius 1 is 1.00 bits per heavy atom. The summed E-state index contributed by atoms with van der Waals surface area (Å²) >= 11 is 0. The molecular weight excluding hydrogens is 248 g/mol. The predicted molar refractivity (Wildman–Crippen MR) is 82.4 cm³/mol. The van der Waals surface area contributed by atoms with Crippen molar-refractivity contribution in [1.82, 2.24) is 9.80 Å². The van der Waals surface area contributed by atoms with Crippen molar-refractivity contribution in [2.75, 3.05) is 47.8 Å². The normalized spacial score (nSPS) is 11.9. The van der Waals surface area contributed by atoms with Crippen LogP contribution in [0, 0.1) is 0 Å². The zero-order valence-corrected chi connectivity index (χ0v) is 13.3. The summed E-state index contributed by atoms with van der Waals surface area (Å²) in [5.74, 6) is 0. The molecule has 0 fully saturated rings. The van der Waals surface area contributed by atoms with E-state index in [1.807, 2.05) is 6.92 Å². The summed E-state index contributed by atoms with van der Waals surface area (Å²) < 4.78 is 0. The minimum atomic E-state index is 0. The molecule has 18 heavy (non-hydrogen) atoms. The molecule has 0 aliphatic carbocycles. The number of hydrogen-bond acceptors (Lipinski definition) is 4.